The summed E-state index contributed by atoms with van der Waals surface area (Å²) in [7, 11) is 0. The van der Waals surface area contributed by atoms with Gasteiger partial charge in [0.05, 0.1) is 6.07 Å². The molecule has 0 aliphatic heterocycles. The Morgan fingerprint density at radius 2 is 1.83 bits per heavy atom. The van der Waals surface area contributed by atoms with Crippen molar-refractivity contribution in [3.05, 3.63) is 56.3 Å². The van der Waals surface area contributed by atoms with Gasteiger partial charge in [0.1, 0.15) is 4.92 Å². The van der Waals surface area contributed by atoms with Crippen molar-refractivity contribution in [2.75, 3.05) is 5.32 Å². The number of amides is 1. The highest BCUT2D eigenvalue weighted by Gasteiger charge is 2.19. The highest BCUT2D eigenvalue weighted by Crippen LogP contribution is 2.27. The molecule has 0 aliphatic rings. The van der Waals surface area contributed by atoms with Crippen LogP contribution in [-0.4, -0.2) is 21.0 Å². The van der Waals surface area contributed by atoms with Gasteiger partial charge < -0.3 is 8.83 Å². The summed E-state index contributed by atoms with van der Waals surface area (Å²) in [4.78, 5) is 21.7. The van der Waals surface area contributed by atoms with Crippen molar-refractivity contribution < 1.29 is 18.6 Å². The lowest BCUT2D eigenvalue weighted by Gasteiger charge is -1.98. The van der Waals surface area contributed by atoms with Crippen LogP contribution in [0.25, 0.3) is 11.5 Å². The highest BCUT2D eigenvalue weighted by molar-refractivity contribution is 6.35. The molecule has 0 fully saturated rings. The normalized spacial score (nSPS) is 10.6. The van der Waals surface area contributed by atoms with Crippen LogP contribution in [0.4, 0.5) is 11.9 Å². The first-order valence-electron chi connectivity index (χ1n) is 6.28. The van der Waals surface area contributed by atoms with Crippen LogP contribution in [0.2, 0.25) is 10.0 Å². The van der Waals surface area contributed by atoms with Crippen molar-refractivity contribution in [1.82, 2.24) is 10.2 Å². The number of anilines is 1. The quantitative estimate of drug-likeness (QED) is 0.548. The molecular formula is C13H6Cl2N4O5. The summed E-state index contributed by atoms with van der Waals surface area (Å²) in [5, 5.41) is 21.0. The summed E-state index contributed by atoms with van der Waals surface area (Å²) >= 11 is 11.8. The minimum atomic E-state index is -0.776. The molecule has 122 valence electrons. The van der Waals surface area contributed by atoms with Gasteiger partial charge in [0.2, 0.25) is 5.89 Å². The fourth-order valence-corrected chi connectivity index (χ4v) is 2.30. The van der Waals surface area contributed by atoms with E-state index in [0.717, 1.165) is 12.1 Å². The fraction of sp³-hybridized carbons (Fsp3) is 0. The van der Waals surface area contributed by atoms with Gasteiger partial charge in [-0.3, -0.25) is 20.2 Å². The second-order valence-electron chi connectivity index (χ2n) is 4.42. The van der Waals surface area contributed by atoms with Crippen molar-refractivity contribution in [2.45, 2.75) is 0 Å². The predicted molar refractivity (Wildman–Crippen MR) is 83.1 cm³/mol. The van der Waals surface area contributed by atoms with E-state index in [1.54, 1.807) is 12.1 Å². The molecule has 24 heavy (non-hydrogen) atoms. The third-order valence-electron chi connectivity index (χ3n) is 2.75. The van der Waals surface area contributed by atoms with E-state index >= 15 is 0 Å². The van der Waals surface area contributed by atoms with Crippen LogP contribution in [0.5, 0.6) is 0 Å². The van der Waals surface area contributed by atoms with Crippen molar-refractivity contribution in [1.29, 1.82) is 0 Å². The standard InChI is InChI=1S/C13H6Cl2N4O5/c14-7-3-6(4-8(15)5-7)12-17-18-13(24-12)16-11(20)9-1-2-10(23-9)19(21)22/h1-5H,(H,16,18,20). The molecule has 11 heteroatoms. The lowest BCUT2D eigenvalue weighted by molar-refractivity contribution is -0.402. The Morgan fingerprint density at radius 3 is 2.46 bits per heavy atom. The summed E-state index contributed by atoms with van der Waals surface area (Å²) in [6, 6.07) is 6.65. The van der Waals surface area contributed by atoms with Crippen molar-refractivity contribution in [3.63, 3.8) is 0 Å². The minimum Gasteiger partial charge on any atom is -0.403 e. The van der Waals surface area contributed by atoms with E-state index in [9.17, 15) is 14.9 Å². The predicted octanol–water partition coefficient (Wildman–Crippen LogP) is 3.80. The van der Waals surface area contributed by atoms with Gasteiger partial charge in [0, 0.05) is 15.6 Å². The Kier molecular flexibility index (Phi) is 4.19. The molecule has 0 atom stereocenters. The average Bonchev–Trinajstić information content (AvgIpc) is 3.15. The zero-order chi connectivity index (χ0) is 17.3. The molecule has 0 aliphatic carbocycles. The van der Waals surface area contributed by atoms with E-state index in [0.29, 0.717) is 15.6 Å². The lowest BCUT2D eigenvalue weighted by Crippen LogP contribution is -2.11. The molecule has 0 saturated heterocycles. The van der Waals surface area contributed by atoms with Crippen LogP contribution in [0, 0.1) is 10.1 Å². The van der Waals surface area contributed by atoms with Crippen molar-refractivity contribution >= 4 is 41.0 Å². The van der Waals surface area contributed by atoms with E-state index in [2.05, 4.69) is 15.5 Å². The number of furan rings is 1. The zero-order valence-corrected chi connectivity index (χ0v) is 13.0. The third-order valence-corrected chi connectivity index (χ3v) is 3.19. The SMILES string of the molecule is O=C(Nc1nnc(-c2cc(Cl)cc(Cl)c2)o1)c1ccc([N+](=O)[O-])o1. The van der Waals surface area contributed by atoms with Crippen LogP contribution in [0.15, 0.2) is 39.2 Å². The van der Waals surface area contributed by atoms with Gasteiger partial charge in [-0.05, 0) is 24.3 Å². The third kappa shape index (κ3) is 3.36. The number of nitro groups is 1. The molecular weight excluding hydrogens is 363 g/mol. The second-order valence-corrected chi connectivity index (χ2v) is 5.29. The molecule has 0 radical (unpaired) electrons. The summed E-state index contributed by atoms with van der Waals surface area (Å²) in [5.41, 5.74) is 0.467. The van der Waals surface area contributed by atoms with Gasteiger partial charge in [-0.1, -0.05) is 28.3 Å². The van der Waals surface area contributed by atoms with E-state index < -0.39 is 16.7 Å². The molecule has 0 spiro atoms. The summed E-state index contributed by atoms with van der Waals surface area (Å²) in [6.07, 6.45) is 0. The van der Waals surface area contributed by atoms with Crippen molar-refractivity contribution in [3.8, 4) is 11.5 Å². The molecule has 1 amide bonds. The number of hydrogen-bond acceptors (Lipinski definition) is 7. The van der Waals surface area contributed by atoms with Gasteiger partial charge in [-0.2, -0.15) is 0 Å². The van der Waals surface area contributed by atoms with Gasteiger partial charge in [-0.25, -0.2) is 0 Å². The van der Waals surface area contributed by atoms with E-state index in [-0.39, 0.29) is 17.7 Å². The maximum absolute atomic E-state index is 11.9. The number of carbonyl (C=O) groups is 1. The average molecular weight is 369 g/mol. The smallest absolute Gasteiger partial charge is 0.403 e. The molecule has 1 aromatic carbocycles. The zero-order valence-electron chi connectivity index (χ0n) is 11.5. The molecule has 2 heterocycles. The van der Waals surface area contributed by atoms with Gasteiger partial charge in [0.15, 0.2) is 5.76 Å². The van der Waals surface area contributed by atoms with Gasteiger partial charge in [-0.15, -0.1) is 5.10 Å². The number of aromatic nitrogens is 2. The first kappa shape index (κ1) is 16.0. The molecule has 3 rings (SSSR count). The monoisotopic (exact) mass is 368 g/mol. The topological polar surface area (TPSA) is 124 Å². The van der Waals surface area contributed by atoms with Crippen LogP contribution in [-0.2, 0) is 0 Å². The Hall–Kier alpha value is -2.91. The summed E-state index contributed by atoms with van der Waals surface area (Å²) in [6.45, 7) is 0. The van der Waals surface area contributed by atoms with Crippen LogP contribution < -0.4 is 5.32 Å². The number of benzene rings is 1. The number of carbonyl (C=O) groups excluding carboxylic acids is 1. The molecule has 0 bridgehead atoms. The molecule has 1 N–H and O–H groups in total. The van der Waals surface area contributed by atoms with Gasteiger partial charge in [0.25, 0.3) is 5.91 Å². The minimum absolute atomic E-state index is 0.0834. The van der Waals surface area contributed by atoms with E-state index in [1.807, 2.05) is 0 Å². The van der Waals surface area contributed by atoms with Crippen molar-refractivity contribution in [2.24, 2.45) is 0 Å². The number of hydrogen-bond donors (Lipinski definition) is 1. The van der Waals surface area contributed by atoms with Crippen LogP contribution in [0.1, 0.15) is 10.6 Å². The summed E-state index contributed by atoms with van der Waals surface area (Å²) in [5.74, 6) is -1.52. The van der Waals surface area contributed by atoms with E-state index in [4.69, 9.17) is 32.0 Å². The molecule has 9 nitrogen and oxygen atoms in total. The molecule has 0 saturated carbocycles. The Balaban J connectivity index is 1.78. The second kappa shape index (κ2) is 6.30. The highest BCUT2D eigenvalue weighted by atomic mass is 35.5. The van der Waals surface area contributed by atoms with Crippen LogP contribution >= 0.6 is 23.2 Å². The first-order chi connectivity index (χ1) is 11.4. The largest absolute Gasteiger partial charge is 0.433 e. The number of nitrogens with one attached hydrogen (secondary N) is 1. The fourth-order valence-electron chi connectivity index (χ4n) is 1.77. The maximum Gasteiger partial charge on any atom is 0.433 e. The van der Waals surface area contributed by atoms with E-state index in [1.165, 1.54) is 6.07 Å². The van der Waals surface area contributed by atoms with Crippen LogP contribution in [0.3, 0.4) is 0 Å². The number of rotatable bonds is 4. The number of nitrogens with zero attached hydrogens (tertiary/aromatic N) is 3. The first-order valence-corrected chi connectivity index (χ1v) is 7.03. The molecule has 2 aromatic heterocycles. The molecule has 0 unspecified atom stereocenters. The number of halogens is 2. The maximum atomic E-state index is 11.9. The van der Waals surface area contributed by atoms with Gasteiger partial charge >= 0.3 is 11.9 Å². The Morgan fingerprint density at radius 1 is 1.12 bits per heavy atom. The molecule has 3 aromatic rings. The summed E-state index contributed by atoms with van der Waals surface area (Å²) < 4.78 is 10.0. The Labute approximate surface area is 143 Å². The lowest BCUT2D eigenvalue weighted by atomic mass is 10.2. The Bertz CT molecular complexity index is 916.